The zero-order chi connectivity index (χ0) is 13.6. The predicted octanol–water partition coefficient (Wildman–Crippen LogP) is 4.13. The van der Waals surface area contributed by atoms with E-state index < -0.39 is 0 Å². The molecule has 3 rings (SSSR count). The lowest BCUT2D eigenvalue weighted by Gasteiger charge is -2.33. The van der Waals surface area contributed by atoms with E-state index in [9.17, 15) is 5.11 Å². The SMILES string of the molecule is CC1(C)CCc2c(O)c([N+]#N)c3ccccc3c2O1. The summed E-state index contributed by atoms with van der Waals surface area (Å²) in [5.74, 6) is 0.725. The van der Waals surface area contributed by atoms with Gasteiger partial charge in [0.1, 0.15) is 11.4 Å². The number of nitrogens with zero attached hydrogens (tertiary/aromatic N) is 2. The van der Waals surface area contributed by atoms with Gasteiger partial charge in [-0.2, -0.15) is 0 Å². The topological polar surface area (TPSA) is 57.6 Å². The molecule has 4 heteroatoms. The second kappa shape index (κ2) is 3.86. The van der Waals surface area contributed by atoms with Gasteiger partial charge in [0.05, 0.1) is 5.39 Å². The molecule has 0 saturated heterocycles. The van der Waals surface area contributed by atoms with Crippen LogP contribution in [0.25, 0.3) is 15.7 Å². The Morgan fingerprint density at radius 3 is 2.63 bits per heavy atom. The first-order valence-electron chi connectivity index (χ1n) is 6.34. The minimum atomic E-state index is -0.250. The van der Waals surface area contributed by atoms with Crippen molar-refractivity contribution in [3.8, 4) is 11.5 Å². The fourth-order valence-corrected chi connectivity index (χ4v) is 2.63. The number of ether oxygens (including phenoxy) is 1. The number of phenols is 1. The number of fused-ring (bicyclic) bond motifs is 3. The van der Waals surface area contributed by atoms with Crippen LogP contribution in [0.4, 0.5) is 5.69 Å². The van der Waals surface area contributed by atoms with Gasteiger partial charge in [-0.3, -0.25) is 0 Å². The molecule has 4 nitrogen and oxygen atoms in total. The largest absolute Gasteiger partial charge is 0.501 e. The van der Waals surface area contributed by atoms with Gasteiger partial charge in [0.15, 0.2) is 4.98 Å². The van der Waals surface area contributed by atoms with E-state index in [1.54, 1.807) is 0 Å². The minimum Gasteiger partial charge on any atom is -0.501 e. The highest BCUT2D eigenvalue weighted by atomic mass is 16.5. The number of diazo groups is 1. The van der Waals surface area contributed by atoms with Crippen molar-refractivity contribution in [2.24, 2.45) is 0 Å². The molecule has 1 aliphatic heterocycles. The molecular formula is C15H15N2O2+. The normalized spacial score (nSPS) is 16.5. The number of phenolic OH excluding ortho intramolecular Hbond substituents is 1. The molecule has 2 aromatic rings. The highest BCUT2D eigenvalue weighted by Gasteiger charge is 2.34. The van der Waals surface area contributed by atoms with Crippen LogP contribution in [0.2, 0.25) is 0 Å². The Bertz CT molecular complexity index is 714. The number of hydrogen-bond acceptors (Lipinski definition) is 3. The van der Waals surface area contributed by atoms with Gasteiger partial charge in [-0.15, -0.1) is 0 Å². The molecular weight excluding hydrogens is 240 g/mol. The summed E-state index contributed by atoms with van der Waals surface area (Å²) in [5.41, 5.74) is 0.698. The molecule has 0 atom stereocenters. The van der Waals surface area contributed by atoms with Gasteiger partial charge in [-0.25, -0.2) is 0 Å². The Kier molecular flexibility index (Phi) is 2.39. The molecule has 0 saturated carbocycles. The summed E-state index contributed by atoms with van der Waals surface area (Å²) in [7, 11) is 0. The summed E-state index contributed by atoms with van der Waals surface area (Å²) in [6.45, 7) is 4.07. The van der Waals surface area contributed by atoms with Crippen LogP contribution in [-0.2, 0) is 6.42 Å². The molecule has 1 heterocycles. The van der Waals surface area contributed by atoms with Crippen LogP contribution < -0.4 is 4.74 Å². The average molecular weight is 255 g/mol. The van der Waals surface area contributed by atoms with E-state index in [0.717, 1.165) is 17.4 Å². The zero-order valence-electron chi connectivity index (χ0n) is 11.0. The van der Waals surface area contributed by atoms with Crippen LogP contribution in [0.5, 0.6) is 11.5 Å². The van der Waals surface area contributed by atoms with Gasteiger partial charge in [-0.05, 0) is 32.8 Å². The Morgan fingerprint density at radius 1 is 1.26 bits per heavy atom. The summed E-state index contributed by atoms with van der Waals surface area (Å²) in [5, 5.41) is 21.0. The van der Waals surface area contributed by atoms with E-state index in [-0.39, 0.29) is 17.0 Å². The van der Waals surface area contributed by atoms with Gasteiger partial charge in [0.2, 0.25) is 11.1 Å². The zero-order valence-corrected chi connectivity index (χ0v) is 11.0. The molecule has 0 aliphatic carbocycles. The lowest BCUT2D eigenvalue weighted by molar-refractivity contribution is 0.0860. The van der Waals surface area contributed by atoms with Crippen molar-refractivity contribution in [3.63, 3.8) is 0 Å². The van der Waals surface area contributed by atoms with Crippen molar-refractivity contribution in [1.29, 1.82) is 5.39 Å². The molecule has 0 unspecified atom stereocenters. The van der Waals surface area contributed by atoms with Gasteiger partial charge in [-0.1, -0.05) is 18.2 Å². The summed E-state index contributed by atoms with van der Waals surface area (Å²) in [6.07, 6.45) is 1.53. The van der Waals surface area contributed by atoms with Gasteiger partial charge in [0.25, 0.3) is 0 Å². The summed E-state index contributed by atoms with van der Waals surface area (Å²) < 4.78 is 6.03. The van der Waals surface area contributed by atoms with Crippen molar-refractivity contribution in [1.82, 2.24) is 0 Å². The van der Waals surface area contributed by atoms with E-state index in [1.165, 1.54) is 0 Å². The van der Waals surface area contributed by atoms with Crippen LogP contribution >= 0.6 is 0 Å². The van der Waals surface area contributed by atoms with E-state index in [0.29, 0.717) is 17.6 Å². The van der Waals surface area contributed by atoms with Crippen LogP contribution in [0, 0.1) is 5.39 Å². The van der Waals surface area contributed by atoms with E-state index in [1.807, 2.05) is 38.1 Å². The fraction of sp³-hybridized carbons (Fsp3) is 0.333. The molecule has 0 fully saturated rings. The number of aromatic hydroxyl groups is 1. The highest BCUT2D eigenvalue weighted by Crippen LogP contribution is 2.49. The first-order chi connectivity index (χ1) is 9.03. The maximum atomic E-state index is 10.3. The predicted molar refractivity (Wildman–Crippen MR) is 73.4 cm³/mol. The second-order valence-electron chi connectivity index (χ2n) is 5.51. The summed E-state index contributed by atoms with van der Waals surface area (Å²) >= 11 is 0. The lowest BCUT2D eigenvalue weighted by atomic mass is 9.90. The molecule has 0 aromatic heterocycles. The Labute approximate surface area is 111 Å². The third-order valence-electron chi connectivity index (χ3n) is 3.67. The molecule has 2 aromatic carbocycles. The van der Waals surface area contributed by atoms with Gasteiger partial charge < -0.3 is 9.84 Å². The molecule has 1 N–H and O–H groups in total. The van der Waals surface area contributed by atoms with E-state index >= 15 is 0 Å². The number of benzene rings is 2. The lowest BCUT2D eigenvalue weighted by Crippen LogP contribution is -2.32. The quantitative estimate of drug-likeness (QED) is 0.720. The molecule has 96 valence electrons. The van der Waals surface area contributed by atoms with Crippen LogP contribution in [0.3, 0.4) is 0 Å². The first-order valence-corrected chi connectivity index (χ1v) is 6.34. The molecule has 0 amide bonds. The molecule has 0 bridgehead atoms. The van der Waals surface area contributed by atoms with Crippen molar-refractivity contribution in [2.45, 2.75) is 32.3 Å². The van der Waals surface area contributed by atoms with Crippen LogP contribution in [0.1, 0.15) is 25.8 Å². The fourth-order valence-electron chi connectivity index (χ4n) is 2.63. The third-order valence-corrected chi connectivity index (χ3v) is 3.67. The summed E-state index contributed by atoms with van der Waals surface area (Å²) in [6, 6.07) is 7.49. The van der Waals surface area contributed by atoms with Crippen molar-refractivity contribution in [3.05, 3.63) is 34.8 Å². The monoisotopic (exact) mass is 255 g/mol. The van der Waals surface area contributed by atoms with Crippen LogP contribution in [0.15, 0.2) is 24.3 Å². The minimum absolute atomic E-state index is 0.0201. The van der Waals surface area contributed by atoms with Crippen molar-refractivity contribution < 1.29 is 9.84 Å². The van der Waals surface area contributed by atoms with Crippen molar-refractivity contribution in [2.75, 3.05) is 0 Å². The van der Waals surface area contributed by atoms with Gasteiger partial charge in [0, 0.05) is 10.9 Å². The maximum Gasteiger partial charge on any atom is 0.434 e. The highest BCUT2D eigenvalue weighted by molar-refractivity contribution is 6.02. The standard InChI is InChI=1S/C15H14N2O2/c1-15(2)8-7-11-13(18)12(17-16)9-5-3-4-6-10(9)14(11)19-15/h3-6H,7-8H2,1-2H3/p+1. The average Bonchev–Trinajstić information content (AvgIpc) is 2.38. The third kappa shape index (κ3) is 1.70. The van der Waals surface area contributed by atoms with Crippen molar-refractivity contribution >= 4 is 16.5 Å². The Balaban J connectivity index is 2.41. The molecule has 19 heavy (non-hydrogen) atoms. The molecule has 0 spiro atoms. The number of rotatable bonds is 0. The number of hydrogen-bond donors (Lipinski definition) is 1. The Morgan fingerprint density at radius 2 is 1.95 bits per heavy atom. The molecule has 1 aliphatic rings. The Hall–Kier alpha value is -2.28. The smallest absolute Gasteiger partial charge is 0.434 e. The van der Waals surface area contributed by atoms with E-state index in [2.05, 4.69) is 4.98 Å². The molecule has 0 radical (unpaired) electrons. The van der Waals surface area contributed by atoms with Gasteiger partial charge >= 0.3 is 5.69 Å². The second-order valence-corrected chi connectivity index (χ2v) is 5.51. The van der Waals surface area contributed by atoms with E-state index in [4.69, 9.17) is 10.1 Å². The summed E-state index contributed by atoms with van der Waals surface area (Å²) in [4.78, 5) is 3.24. The van der Waals surface area contributed by atoms with Crippen LogP contribution in [-0.4, -0.2) is 10.7 Å². The first kappa shape index (κ1) is 11.8. The maximum absolute atomic E-state index is 10.3.